The van der Waals surface area contributed by atoms with Gasteiger partial charge in [0.1, 0.15) is 11.9 Å². The molecule has 0 aliphatic heterocycles. The van der Waals surface area contributed by atoms with E-state index in [1.807, 2.05) is 92.3 Å². The summed E-state index contributed by atoms with van der Waals surface area (Å²) in [6.07, 6.45) is 3.63. The first-order valence-electron chi connectivity index (χ1n) is 8.58. The first kappa shape index (κ1) is 17.7. The van der Waals surface area contributed by atoms with Gasteiger partial charge in [-0.15, -0.1) is 0 Å². The van der Waals surface area contributed by atoms with E-state index in [4.69, 9.17) is 0 Å². The van der Waals surface area contributed by atoms with E-state index < -0.39 is 0 Å². The highest BCUT2D eigenvalue weighted by Gasteiger charge is 2.21. The third-order valence-corrected chi connectivity index (χ3v) is 4.45. The monoisotopic (exact) mass is 348 g/mol. The van der Waals surface area contributed by atoms with Gasteiger partial charge in [0.05, 0.1) is 0 Å². The fourth-order valence-electron chi connectivity index (χ4n) is 2.84. The maximum absolute atomic E-state index is 12.8. The highest BCUT2D eigenvalue weighted by atomic mass is 16.1. The molecule has 5 nitrogen and oxygen atoms in total. The van der Waals surface area contributed by atoms with Crippen LogP contribution in [-0.2, 0) is 7.05 Å². The maximum Gasteiger partial charge on any atom is 0.252 e. The van der Waals surface area contributed by atoms with E-state index in [1.54, 1.807) is 6.20 Å². The van der Waals surface area contributed by atoms with E-state index >= 15 is 0 Å². The van der Waals surface area contributed by atoms with Crippen molar-refractivity contribution in [3.05, 3.63) is 83.4 Å². The number of anilines is 1. The van der Waals surface area contributed by atoms with Crippen molar-refractivity contribution in [1.82, 2.24) is 14.9 Å². The smallest absolute Gasteiger partial charge is 0.252 e. The van der Waals surface area contributed by atoms with E-state index in [1.165, 1.54) is 5.56 Å². The summed E-state index contributed by atoms with van der Waals surface area (Å²) >= 11 is 0. The number of rotatable bonds is 5. The summed E-state index contributed by atoms with van der Waals surface area (Å²) in [6.45, 7) is 2.05. The van der Waals surface area contributed by atoms with E-state index in [2.05, 4.69) is 10.3 Å². The molecule has 5 heteroatoms. The molecule has 0 saturated heterocycles. The Labute approximate surface area is 154 Å². The molecule has 2 aromatic carbocycles. The molecule has 1 atom stereocenters. The molecule has 1 heterocycles. The zero-order chi connectivity index (χ0) is 18.7. The number of carbonyl (C=O) groups excluding carboxylic acids is 1. The number of aromatic nitrogens is 2. The molecule has 0 bridgehead atoms. The van der Waals surface area contributed by atoms with Gasteiger partial charge >= 0.3 is 0 Å². The van der Waals surface area contributed by atoms with Crippen molar-refractivity contribution in [3.8, 4) is 0 Å². The Hall–Kier alpha value is -3.08. The summed E-state index contributed by atoms with van der Waals surface area (Å²) in [7, 11) is 5.88. The lowest BCUT2D eigenvalue weighted by molar-refractivity contribution is 0.0941. The average Bonchev–Trinajstić information content (AvgIpc) is 3.06. The topological polar surface area (TPSA) is 50.2 Å². The Bertz CT molecular complexity index is 879. The van der Waals surface area contributed by atoms with E-state index in [0.717, 1.165) is 17.1 Å². The van der Waals surface area contributed by atoms with Crippen LogP contribution in [-0.4, -0.2) is 29.6 Å². The van der Waals surface area contributed by atoms with Crippen molar-refractivity contribution in [3.63, 3.8) is 0 Å². The molecule has 1 unspecified atom stereocenters. The van der Waals surface area contributed by atoms with Crippen LogP contribution in [0, 0.1) is 6.92 Å². The second-order valence-corrected chi connectivity index (χ2v) is 6.65. The maximum atomic E-state index is 12.8. The molecule has 0 aliphatic rings. The number of aryl methyl sites for hydroxylation is 2. The second kappa shape index (κ2) is 7.44. The molecule has 1 N–H and O–H groups in total. The van der Waals surface area contributed by atoms with Crippen LogP contribution in [0.4, 0.5) is 5.69 Å². The number of carbonyl (C=O) groups is 1. The molecule has 0 saturated carbocycles. The predicted octanol–water partition coefficient (Wildman–Crippen LogP) is 3.31. The molecule has 26 heavy (non-hydrogen) atoms. The molecular formula is C21H24N4O. The molecule has 134 valence electrons. The molecule has 0 fully saturated rings. The first-order chi connectivity index (χ1) is 12.5. The largest absolute Gasteiger partial charge is 0.378 e. The number of nitrogens with zero attached hydrogens (tertiary/aromatic N) is 3. The van der Waals surface area contributed by atoms with Gasteiger partial charge in [-0.3, -0.25) is 4.79 Å². The molecule has 0 radical (unpaired) electrons. The van der Waals surface area contributed by atoms with Crippen molar-refractivity contribution in [2.75, 3.05) is 19.0 Å². The second-order valence-electron chi connectivity index (χ2n) is 6.65. The highest BCUT2D eigenvalue weighted by Crippen LogP contribution is 2.22. The Morgan fingerprint density at radius 1 is 1.08 bits per heavy atom. The third kappa shape index (κ3) is 3.77. The fourth-order valence-corrected chi connectivity index (χ4v) is 2.84. The summed E-state index contributed by atoms with van der Waals surface area (Å²) in [6, 6.07) is 15.4. The summed E-state index contributed by atoms with van der Waals surface area (Å²) in [5.41, 5.74) is 3.86. The van der Waals surface area contributed by atoms with Crippen LogP contribution in [0.15, 0.2) is 60.9 Å². The van der Waals surface area contributed by atoms with Crippen molar-refractivity contribution in [2.45, 2.75) is 13.0 Å². The molecule has 1 aromatic heterocycles. The fraction of sp³-hybridized carbons (Fsp3) is 0.238. The van der Waals surface area contributed by atoms with Crippen molar-refractivity contribution < 1.29 is 4.79 Å². The molecule has 0 spiro atoms. The van der Waals surface area contributed by atoms with Crippen LogP contribution in [0.1, 0.15) is 33.4 Å². The minimum Gasteiger partial charge on any atom is -0.378 e. The number of imidazole rings is 1. The van der Waals surface area contributed by atoms with E-state index in [9.17, 15) is 4.79 Å². The molecular weight excluding hydrogens is 324 g/mol. The minimum atomic E-state index is -0.309. The number of hydrogen-bond acceptors (Lipinski definition) is 3. The summed E-state index contributed by atoms with van der Waals surface area (Å²) < 4.78 is 1.93. The lowest BCUT2D eigenvalue weighted by Gasteiger charge is -2.20. The van der Waals surface area contributed by atoms with Gasteiger partial charge in [0.2, 0.25) is 0 Å². The van der Waals surface area contributed by atoms with Gasteiger partial charge in [-0.25, -0.2) is 4.98 Å². The zero-order valence-corrected chi connectivity index (χ0v) is 15.6. The molecule has 3 rings (SSSR count). The highest BCUT2D eigenvalue weighted by molar-refractivity contribution is 5.95. The van der Waals surface area contributed by atoms with Crippen molar-refractivity contribution in [1.29, 1.82) is 0 Å². The van der Waals surface area contributed by atoms with Gasteiger partial charge < -0.3 is 14.8 Å². The first-order valence-corrected chi connectivity index (χ1v) is 8.58. The zero-order valence-electron chi connectivity index (χ0n) is 15.6. The standard InChI is InChI=1S/C21H24N4O/c1-15-5-7-16(8-6-15)19(20-22-13-14-25(20)4)23-21(26)17-9-11-18(12-10-17)24(2)3/h5-14,19H,1-4H3,(H,23,26). The van der Waals surface area contributed by atoms with Gasteiger partial charge in [0, 0.05) is 44.8 Å². The third-order valence-electron chi connectivity index (χ3n) is 4.45. The Balaban J connectivity index is 1.89. The minimum absolute atomic E-state index is 0.121. The molecule has 0 aliphatic carbocycles. The van der Waals surface area contributed by atoms with Gasteiger partial charge in [0.25, 0.3) is 5.91 Å². The number of benzene rings is 2. The van der Waals surface area contributed by atoms with Gasteiger partial charge in [-0.2, -0.15) is 0 Å². The van der Waals surface area contributed by atoms with Crippen LogP contribution < -0.4 is 10.2 Å². The van der Waals surface area contributed by atoms with Crippen molar-refractivity contribution >= 4 is 11.6 Å². The van der Waals surface area contributed by atoms with Crippen LogP contribution >= 0.6 is 0 Å². The summed E-state index contributed by atoms with van der Waals surface area (Å²) in [5.74, 6) is 0.677. The molecule has 3 aromatic rings. The quantitative estimate of drug-likeness (QED) is 0.769. The lowest BCUT2D eigenvalue weighted by Crippen LogP contribution is -2.31. The Kier molecular flexibility index (Phi) is 5.07. The lowest BCUT2D eigenvalue weighted by atomic mass is 10.0. The number of nitrogens with one attached hydrogen (secondary N) is 1. The Morgan fingerprint density at radius 2 is 1.73 bits per heavy atom. The van der Waals surface area contributed by atoms with E-state index in [-0.39, 0.29) is 11.9 Å². The summed E-state index contributed by atoms with van der Waals surface area (Å²) in [5, 5.41) is 3.13. The van der Waals surface area contributed by atoms with Gasteiger partial charge in [-0.1, -0.05) is 29.8 Å². The van der Waals surface area contributed by atoms with Crippen molar-refractivity contribution in [2.24, 2.45) is 7.05 Å². The SMILES string of the molecule is Cc1ccc(C(NC(=O)c2ccc(N(C)C)cc2)c2nccn2C)cc1. The molecule has 1 amide bonds. The van der Waals surface area contributed by atoms with Crippen LogP contribution in [0.5, 0.6) is 0 Å². The predicted molar refractivity (Wildman–Crippen MR) is 104 cm³/mol. The average molecular weight is 348 g/mol. The van der Waals surface area contributed by atoms with E-state index in [0.29, 0.717) is 5.56 Å². The Morgan fingerprint density at radius 3 is 2.27 bits per heavy atom. The number of hydrogen-bond donors (Lipinski definition) is 1. The summed E-state index contributed by atoms with van der Waals surface area (Å²) in [4.78, 5) is 19.3. The van der Waals surface area contributed by atoms with Crippen LogP contribution in [0.3, 0.4) is 0 Å². The van der Waals surface area contributed by atoms with Crippen LogP contribution in [0.25, 0.3) is 0 Å². The van der Waals surface area contributed by atoms with Gasteiger partial charge in [0.15, 0.2) is 0 Å². The van der Waals surface area contributed by atoms with Gasteiger partial charge in [-0.05, 0) is 36.8 Å². The number of amides is 1. The van der Waals surface area contributed by atoms with Crippen LogP contribution in [0.2, 0.25) is 0 Å². The normalized spacial score (nSPS) is 11.8.